The number of amides is 1. The summed E-state index contributed by atoms with van der Waals surface area (Å²) in [6, 6.07) is 14.4. The van der Waals surface area contributed by atoms with Crippen LogP contribution < -0.4 is 10.1 Å². The third-order valence-corrected chi connectivity index (χ3v) is 4.21. The van der Waals surface area contributed by atoms with Crippen molar-refractivity contribution < 1.29 is 9.53 Å². The van der Waals surface area contributed by atoms with Crippen LogP contribution in [0.2, 0.25) is 5.02 Å². The van der Waals surface area contributed by atoms with Gasteiger partial charge in [-0.1, -0.05) is 40.4 Å². The zero-order valence-electron chi connectivity index (χ0n) is 12.1. The number of methoxy groups -OCH3 is 1. The van der Waals surface area contributed by atoms with Crippen molar-refractivity contribution in [2.24, 2.45) is 0 Å². The smallest absolute Gasteiger partial charge is 0.269 e. The summed E-state index contributed by atoms with van der Waals surface area (Å²) < 4.78 is 9.10. The largest absolute Gasteiger partial charge is 0.497 e. The predicted octanol–water partition coefficient (Wildman–Crippen LogP) is 4.12. The maximum absolute atomic E-state index is 12.5. The quantitative estimate of drug-likeness (QED) is 0.772. The van der Waals surface area contributed by atoms with Crippen LogP contribution in [0.15, 0.2) is 48.5 Å². The molecule has 0 aliphatic rings. The van der Waals surface area contributed by atoms with E-state index in [-0.39, 0.29) is 5.91 Å². The van der Waals surface area contributed by atoms with Crippen LogP contribution in [-0.4, -0.2) is 22.6 Å². The van der Waals surface area contributed by atoms with Crippen LogP contribution in [0, 0.1) is 0 Å². The third-order valence-electron chi connectivity index (χ3n) is 3.16. The number of para-hydroxylation sites is 1. The van der Waals surface area contributed by atoms with Gasteiger partial charge in [0, 0.05) is 5.56 Å². The molecule has 116 valence electrons. The lowest BCUT2D eigenvalue weighted by Crippen LogP contribution is -2.11. The zero-order chi connectivity index (χ0) is 16.2. The number of halogens is 1. The predicted molar refractivity (Wildman–Crippen MR) is 91.3 cm³/mol. The fourth-order valence-corrected chi connectivity index (χ4v) is 2.81. The van der Waals surface area contributed by atoms with Gasteiger partial charge in [0.2, 0.25) is 0 Å². The van der Waals surface area contributed by atoms with Gasteiger partial charge in [-0.25, -0.2) is 0 Å². The second-order valence-corrected chi connectivity index (χ2v) is 5.78. The lowest BCUT2D eigenvalue weighted by atomic mass is 10.1. The molecule has 23 heavy (non-hydrogen) atoms. The van der Waals surface area contributed by atoms with E-state index in [2.05, 4.69) is 14.9 Å². The van der Waals surface area contributed by atoms with Crippen molar-refractivity contribution in [1.82, 2.24) is 9.59 Å². The molecule has 0 unspecified atom stereocenters. The fourth-order valence-electron chi connectivity index (χ4n) is 2.04. The number of ether oxygens (including phenoxy) is 1. The van der Waals surface area contributed by atoms with Gasteiger partial charge in [-0.05, 0) is 35.8 Å². The van der Waals surface area contributed by atoms with Crippen LogP contribution in [0.5, 0.6) is 5.75 Å². The molecule has 3 aromatic rings. The highest BCUT2D eigenvalue weighted by atomic mass is 35.5. The average molecular weight is 346 g/mol. The van der Waals surface area contributed by atoms with Crippen molar-refractivity contribution >= 4 is 34.7 Å². The fraction of sp³-hybridized carbons (Fsp3) is 0.0625. The molecule has 3 rings (SSSR count). The highest BCUT2D eigenvalue weighted by molar-refractivity contribution is 7.08. The van der Waals surface area contributed by atoms with E-state index in [0.717, 1.165) is 17.1 Å². The molecule has 0 fully saturated rings. The number of nitrogens with zero attached hydrogens (tertiary/aromatic N) is 2. The molecule has 0 saturated carbocycles. The molecule has 0 spiro atoms. The molecule has 0 atom stereocenters. The Bertz CT molecular complexity index is 851. The molecule has 0 saturated heterocycles. The minimum Gasteiger partial charge on any atom is -0.497 e. The number of carbonyl (C=O) groups is 1. The van der Waals surface area contributed by atoms with Crippen molar-refractivity contribution in [2.75, 3.05) is 12.4 Å². The number of anilines is 1. The molecular weight excluding hydrogens is 334 g/mol. The zero-order valence-corrected chi connectivity index (χ0v) is 13.7. The van der Waals surface area contributed by atoms with Crippen molar-refractivity contribution in [1.29, 1.82) is 0 Å². The molecule has 1 heterocycles. The number of rotatable bonds is 4. The molecule has 0 aliphatic heterocycles. The van der Waals surface area contributed by atoms with E-state index in [9.17, 15) is 4.79 Å². The number of carbonyl (C=O) groups excluding carboxylic acids is 1. The van der Waals surface area contributed by atoms with Gasteiger partial charge < -0.3 is 10.1 Å². The number of nitrogens with one attached hydrogen (secondary N) is 1. The second kappa shape index (κ2) is 6.76. The van der Waals surface area contributed by atoms with Gasteiger partial charge in [-0.15, -0.1) is 5.10 Å². The Kier molecular flexibility index (Phi) is 4.55. The summed E-state index contributed by atoms with van der Waals surface area (Å²) >= 11 is 7.10. The Hall–Kier alpha value is -2.44. The Morgan fingerprint density at radius 3 is 2.83 bits per heavy atom. The van der Waals surface area contributed by atoms with Crippen LogP contribution in [0.4, 0.5) is 5.69 Å². The minimum atomic E-state index is -0.300. The topological polar surface area (TPSA) is 64.1 Å². The standard InChI is InChI=1S/C16H12ClN3O2S/c1-22-11-6-4-5-10(9-11)14-15(23-20-19-14)16(21)18-13-8-3-2-7-12(13)17/h2-9H,1H3,(H,18,21). The van der Waals surface area contributed by atoms with E-state index in [1.807, 2.05) is 24.3 Å². The highest BCUT2D eigenvalue weighted by Gasteiger charge is 2.19. The number of hydrogen-bond donors (Lipinski definition) is 1. The van der Waals surface area contributed by atoms with Gasteiger partial charge in [-0.3, -0.25) is 4.79 Å². The summed E-state index contributed by atoms with van der Waals surface area (Å²) in [6.45, 7) is 0. The molecule has 1 N–H and O–H groups in total. The molecule has 1 amide bonds. The Morgan fingerprint density at radius 1 is 1.22 bits per heavy atom. The molecule has 0 aliphatic carbocycles. The van der Waals surface area contributed by atoms with E-state index in [1.54, 1.807) is 31.4 Å². The van der Waals surface area contributed by atoms with Crippen LogP contribution in [-0.2, 0) is 0 Å². The van der Waals surface area contributed by atoms with Crippen LogP contribution in [0.25, 0.3) is 11.3 Å². The molecule has 1 aromatic heterocycles. The molecule has 5 nitrogen and oxygen atoms in total. The highest BCUT2D eigenvalue weighted by Crippen LogP contribution is 2.28. The van der Waals surface area contributed by atoms with Crippen molar-refractivity contribution in [3.05, 3.63) is 58.4 Å². The first-order valence-electron chi connectivity index (χ1n) is 6.71. The monoisotopic (exact) mass is 345 g/mol. The van der Waals surface area contributed by atoms with Gasteiger partial charge in [0.15, 0.2) is 0 Å². The summed E-state index contributed by atoms with van der Waals surface area (Å²) in [7, 11) is 1.59. The molecule has 0 radical (unpaired) electrons. The maximum Gasteiger partial charge on any atom is 0.269 e. The number of aromatic nitrogens is 2. The van der Waals surface area contributed by atoms with Gasteiger partial charge in [0.1, 0.15) is 16.3 Å². The summed E-state index contributed by atoms with van der Waals surface area (Å²) in [6.07, 6.45) is 0. The summed E-state index contributed by atoms with van der Waals surface area (Å²) in [5.41, 5.74) is 1.82. The minimum absolute atomic E-state index is 0.300. The van der Waals surface area contributed by atoms with E-state index in [0.29, 0.717) is 27.0 Å². The number of hydrogen-bond acceptors (Lipinski definition) is 5. The third kappa shape index (κ3) is 3.33. The van der Waals surface area contributed by atoms with E-state index < -0.39 is 0 Å². The van der Waals surface area contributed by atoms with Crippen molar-refractivity contribution in [3.63, 3.8) is 0 Å². The SMILES string of the molecule is COc1cccc(-c2nnsc2C(=O)Nc2ccccc2Cl)c1. The first-order chi connectivity index (χ1) is 11.2. The van der Waals surface area contributed by atoms with Gasteiger partial charge in [0.05, 0.1) is 17.8 Å². The van der Waals surface area contributed by atoms with E-state index in [4.69, 9.17) is 16.3 Å². The van der Waals surface area contributed by atoms with Crippen LogP contribution >= 0.6 is 23.1 Å². The van der Waals surface area contributed by atoms with E-state index >= 15 is 0 Å². The van der Waals surface area contributed by atoms with Crippen LogP contribution in [0.3, 0.4) is 0 Å². The molecule has 2 aromatic carbocycles. The molecule has 7 heteroatoms. The summed E-state index contributed by atoms with van der Waals surface area (Å²) in [5, 5.41) is 7.32. The molecular formula is C16H12ClN3O2S. The Morgan fingerprint density at radius 2 is 2.04 bits per heavy atom. The van der Waals surface area contributed by atoms with Crippen LogP contribution in [0.1, 0.15) is 9.67 Å². The summed E-state index contributed by atoms with van der Waals surface area (Å²) in [4.78, 5) is 12.9. The Balaban J connectivity index is 1.91. The van der Waals surface area contributed by atoms with Gasteiger partial charge in [-0.2, -0.15) is 0 Å². The normalized spacial score (nSPS) is 10.3. The first kappa shape index (κ1) is 15.5. The van der Waals surface area contributed by atoms with Gasteiger partial charge >= 0.3 is 0 Å². The van der Waals surface area contributed by atoms with E-state index in [1.165, 1.54) is 0 Å². The lowest BCUT2D eigenvalue weighted by Gasteiger charge is -2.07. The first-order valence-corrected chi connectivity index (χ1v) is 7.87. The maximum atomic E-state index is 12.5. The average Bonchev–Trinajstić information content (AvgIpc) is 3.07. The van der Waals surface area contributed by atoms with Gasteiger partial charge in [0.25, 0.3) is 5.91 Å². The summed E-state index contributed by atoms with van der Waals surface area (Å²) in [5.74, 6) is 0.388. The van der Waals surface area contributed by atoms with Crippen molar-refractivity contribution in [2.45, 2.75) is 0 Å². The second-order valence-electron chi connectivity index (χ2n) is 4.62. The Labute approximate surface area is 142 Å². The van der Waals surface area contributed by atoms with Crippen molar-refractivity contribution in [3.8, 4) is 17.0 Å². The lowest BCUT2D eigenvalue weighted by molar-refractivity contribution is 0.103. The molecule has 0 bridgehead atoms. The number of benzene rings is 2.